The summed E-state index contributed by atoms with van der Waals surface area (Å²) >= 11 is -0.485. The minimum absolute atomic E-state index is 0. The van der Waals surface area contributed by atoms with E-state index in [1.807, 2.05) is 17.7 Å². The summed E-state index contributed by atoms with van der Waals surface area (Å²) in [5.74, 6) is 1.63. The smallest absolute Gasteiger partial charge is 1.00 e. The van der Waals surface area contributed by atoms with Gasteiger partial charge in [-0.15, -0.1) is 0 Å². The number of rotatable bonds is 2. The van der Waals surface area contributed by atoms with E-state index in [1.165, 1.54) is 38.5 Å². The van der Waals surface area contributed by atoms with Crippen LogP contribution in [0.4, 0.5) is 0 Å². The van der Waals surface area contributed by atoms with Gasteiger partial charge >= 0.3 is 128 Å². The van der Waals surface area contributed by atoms with Crippen LogP contribution < -0.4 is 24.8 Å². The Bertz CT molecular complexity index is 516. The van der Waals surface area contributed by atoms with Gasteiger partial charge in [-0.3, -0.25) is 0 Å². The average Bonchev–Trinajstić information content (AvgIpc) is 3.10. The quantitative estimate of drug-likeness (QED) is 0.564. The second-order valence-electron chi connectivity index (χ2n) is 6.58. The molecule has 0 fully saturated rings. The molecule has 0 radical (unpaired) electrons. The second-order valence-corrected chi connectivity index (χ2v) is 10.0. The number of halogens is 2. The van der Waals surface area contributed by atoms with Crippen LogP contribution in [0.25, 0.3) is 0 Å². The minimum Gasteiger partial charge on any atom is -1.00 e. The predicted molar refractivity (Wildman–Crippen MR) is 76.2 cm³/mol. The summed E-state index contributed by atoms with van der Waals surface area (Å²) in [7, 11) is 0. The Morgan fingerprint density at radius 2 is 1.19 bits per heavy atom. The molecule has 3 heteroatoms. The molecule has 2 unspecified atom stereocenters. The van der Waals surface area contributed by atoms with Crippen LogP contribution in [0.3, 0.4) is 0 Å². The molecule has 0 saturated carbocycles. The molecule has 0 aliphatic heterocycles. The van der Waals surface area contributed by atoms with Crippen molar-refractivity contribution in [1.82, 2.24) is 0 Å². The van der Waals surface area contributed by atoms with E-state index < -0.39 is 23.2 Å². The molecule has 0 bridgehead atoms. The van der Waals surface area contributed by atoms with E-state index >= 15 is 0 Å². The first kappa shape index (κ1) is 17.8. The van der Waals surface area contributed by atoms with Gasteiger partial charge in [-0.25, -0.2) is 0 Å². The molecule has 0 saturated heterocycles. The van der Waals surface area contributed by atoms with Crippen LogP contribution >= 0.6 is 0 Å². The summed E-state index contributed by atoms with van der Waals surface area (Å²) < 4.78 is 3.74. The second kappa shape index (κ2) is 6.90. The largest absolute Gasteiger partial charge is 1.00 e. The third kappa shape index (κ3) is 2.96. The molecule has 0 N–H and O–H groups in total. The van der Waals surface area contributed by atoms with E-state index in [4.69, 9.17) is 0 Å². The molecule has 0 heterocycles. The first-order valence-corrected chi connectivity index (χ1v) is 10.3. The summed E-state index contributed by atoms with van der Waals surface area (Å²) in [4.78, 5) is 0. The van der Waals surface area contributed by atoms with E-state index in [2.05, 4.69) is 26.0 Å². The third-order valence-electron chi connectivity index (χ3n) is 5.54. The van der Waals surface area contributed by atoms with Gasteiger partial charge in [0.15, 0.2) is 0 Å². The van der Waals surface area contributed by atoms with Gasteiger partial charge in [0.25, 0.3) is 0 Å². The summed E-state index contributed by atoms with van der Waals surface area (Å²) in [6, 6.07) is 0. The Hall–Kier alpha value is 0.423. The maximum atomic E-state index is 2.62. The Morgan fingerprint density at radius 1 is 0.762 bits per heavy atom. The van der Waals surface area contributed by atoms with Gasteiger partial charge in [0.05, 0.1) is 0 Å². The zero-order valence-electron chi connectivity index (χ0n) is 12.8. The van der Waals surface area contributed by atoms with Crippen molar-refractivity contribution in [2.75, 3.05) is 0 Å². The Labute approximate surface area is 152 Å². The fourth-order valence-electron chi connectivity index (χ4n) is 4.36. The standard InChI is InChI=1S/2C9H11.2ClH.Zr/c2*1-7-5-6-8-3-2-4-9(7)8;;;/h2*6-7H,2-4H2,1H3;2*1H;/q;;;;+2/p-2. The Morgan fingerprint density at radius 3 is 1.57 bits per heavy atom. The van der Waals surface area contributed by atoms with Crippen LogP contribution in [0.2, 0.25) is 0 Å². The van der Waals surface area contributed by atoms with E-state index in [0.29, 0.717) is 0 Å². The zero-order valence-corrected chi connectivity index (χ0v) is 16.8. The zero-order chi connectivity index (χ0) is 13.0. The molecule has 0 aromatic carbocycles. The fourth-order valence-corrected chi connectivity index (χ4v) is 8.31. The molecule has 21 heavy (non-hydrogen) atoms. The Kier molecular flexibility index (Phi) is 5.84. The van der Waals surface area contributed by atoms with Gasteiger partial charge < -0.3 is 24.8 Å². The monoisotopic (exact) mass is 398 g/mol. The van der Waals surface area contributed by atoms with Gasteiger partial charge in [0, 0.05) is 0 Å². The summed E-state index contributed by atoms with van der Waals surface area (Å²) in [6.45, 7) is 4.95. The molecule has 0 aromatic heterocycles. The van der Waals surface area contributed by atoms with Gasteiger partial charge in [-0.1, -0.05) is 0 Å². The minimum atomic E-state index is -0.485. The molecule has 112 valence electrons. The van der Waals surface area contributed by atoms with Gasteiger partial charge in [-0.2, -0.15) is 0 Å². The topological polar surface area (TPSA) is 0 Å². The molecular formula is C18H22Cl2Zr. The molecule has 0 aromatic rings. The molecule has 0 spiro atoms. The van der Waals surface area contributed by atoms with Crippen molar-refractivity contribution in [3.05, 3.63) is 41.0 Å². The van der Waals surface area contributed by atoms with Crippen molar-refractivity contribution in [3.63, 3.8) is 0 Å². The molecule has 4 aliphatic rings. The summed E-state index contributed by atoms with van der Waals surface area (Å²) in [5.41, 5.74) is 7.08. The van der Waals surface area contributed by atoms with Crippen LogP contribution in [0, 0.1) is 11.8 Å². The molecular weight excluding hydrogens is 378 g/mol. The number of hydrogen-bond donors (Lipinski definition) is 0. The van der Waals surface area contributed by atoms with E-state index in [-0.39, 0.29) is 24.8 Å². The third-order valence-corrected chi connectivity index (χ3v) is 9.79. The van der Waals surface area contributed by atoms with Crippen molar-refractivity contribution < 1.29 is 48.0 Å². The summed E-state index contributed by atoms with van der Waals surface area (Å²) in [6.07, 6.45) is 13.6. The predicted octanol–water partition coefficient (Wildman–Crippen LogP) is -0.895. The number of hydrogen-bond acceptors (Lipinski definition) is 0. The van der Waals surface area contributed by atoms with Crippen LogP contribution in [-0.4, -0.2) is 0 Å². The SMILES string of the molecule is CC1[C]([Zr+2][C]2=CC3=C(CCC3)C2C)=CC2=C1CCC2.[Cl-].[Cl-]. The maximum absolute atomic E-state index is 2.62. The summed E-state index contributed by atoms with van der Waals surface area (Å²) in [5, 5.41) is 0. The molecule has 4 aliphatic carbocycles. The average molecular weight is 401 g/mol. The van der Waals surface area contributed by atoms with Crippen molar-refractivity contribution in [2.24, 2.45) is 11.8 Å². The normalized spacial score (nSPS) is 29.4. The molecule has 0 nitrogen and oxygen atoms in total. The van der Waals surface area contributed by atoms with Crippen LogP contribution in [0.15, 0.2) is 41.0 Å². The van der Waals surface area contributed by atoms with Crippen molar-refractivity contribution in [3.8, 4) is 0 Å². The van der Waals surface area contributed by atoms with E-state index in [1.54, 1.807) is 11.1 Å². The first-order chi connectivity index (χ1) is 9.24. The molecule has 4 rings (SSSR count). The van der Waals surface area contributed by atoms with Crippen LogP contribution in [0.5, 0.6) is 0 Å². The molecule has 0 amide bonds. The van der Waals surface area contributed by atoms with Gasteiger partial charge in [0.2, 0.25) is 0 Å². The van der Waals surface area contributed by atoms with Gasteiger partial charge in [-0.05, 0) is 0 Å². The Balaban J connectivity index is 0.000000807. The van der Waals surface area contributed by atoms with Gasteiger partial charge in [0.1, 0.15) is 0 Å². The fraction of sp³-hybridized carbons (Fsp3) is 0.556. The van der Waals surface area contributed by atoms with Crippen LogP contribution in [0.1, 0.15) is 52.4 Å². The van der Waals surface area contributed by atoms with E-state index in [9.17, 15) is 0 Å². The molecule has 2 atom stereocenters. The maximum Gasteiger partial charge on any atom is -1.00 e. The first-order valence-electron chi connectivity index (χ1n) is 7.88. The number of allylic oxidation sites excluding steroid dienone is 8. The van der Waals surface area contributed by atoms with E-state index in [0.717, 1.165) is 11.8 Å². The van der Waals surface area contributed by atoms with Crippen molar-refractivity contribution >= 4 is 0 Å². The van der Waals surface area contributed by atoms with Crippen LogP contribution in [-0.2, 0) is 23.2 Å². The van der Waals surface area contributed by atoms with Crippen molar-refractivity contribution in [2.45, 2.75) is 52.4 Å². The van der Waals surface area contributed by atoms with Crippen molar-refractivity contribution in [1.29, 1.82) is 0 Å².